The SMILES string of the molecule is CC(O)[C@](C)(CO)NCc1ccc2c3c(cccc13)-c1ccccc1-2.Cl. The molecule has 3 aromatic rings. The Morgan fingerprint density at radius 1 is 0.923 bits per heavy atom. The molecule has 0 amide bonds. The minimum atomic E-state index is -0.717. The summed E-state index contributed by atoms with van der Waals surface area (Å²) in [5, 5.41) is 25.5. The van der Waals surface area contributed by atoms with Crippen molar-refractivity contribution in [1.82, 2.24) is 5.32 Å². The van der Waals surface area contributed by atoms with E-state index in [2.05, 4.69) is 59.9 Å². The fourth-order valence-corrected chi connectivity index (χ4v) is 3.66. The van der Waals surface area contributed by atoms with E-state index in [-0.39, 0.29) is 19.0 Å². The largest absolute Gasteiger partial charge is 0.394 e. The highest BCUT2D eigenvalue weighted by Crippen LogP contribution is 2.47. The topological polar surface area (TPSA) is 52.5 Å². The lowest BCUT2D eigenvalue weighted by Gasteiger charge is -2.32. The number of hydrogen-bond acceptors (Lipinski definition) is 3. The molecule has 136 valence electrons. The summed E-state index contributed by atoms with van der Waals surface area (Å²) in [5.74, 6) is 0. The van der Waals surface area contributed by atoms with E-state index in [1.807, 2.05) is 6.92 Å². The molecule has 0 heterocycles. The van der Waals surface area contributed by atoms with E-state index in [0.717, 1.165) is 0 Å². The molecule has 0 fully saturated rings. The molecule has 0 spiro atoms. The van der Waals surface area contributed by atoms with Gasteiger partial charge in [-0.25, -0.2) is 0 Å². The van der Waals surface area contributed by atoms with Gasteiger partial charge in [-0.1, -0.05) is 54.6 Å². The van der Waals surface area contributed by atoms with Crippen molar-refractivity contribution in [3.63, 3.8) is 0 Å². The van der Waals surface area contributed by atoms with Crippen LogP contribution >= 0.6 is 12.4 Å². The smallest absolute Gasteiger partial charge is 0.0713 e. The van der Waals surface area contributed by atoms with Crippen LogP contribution in [0.25, 0.3) is 33.0 Å². The van der Waals surface area contributed by atoms with Gasteiger partial charge >= 0.3 is 0 Å². The van der Waals surface area contributed by atoms with E-state index in [1.54, 1.807) is 6.92 Å². The third-order valence-electron chi connectivity index (χ3n) is 5.57. The Morgan fingerprint density at radius 2 is 1.54 bits per heavy atom. The predicted molar refractivity (Wildman–Crippen MR) is 110 cm³/mol. The molecule has 0 aliphatic heterocycles. The van der Waals surface area contributed by atoms with Crippen LogP contribution in [0.2, 0.25) is 0 Å². The number of halogens is 1. The van der Waals surface area contributed by atoms with Crippen molar-refractivity contribution >= 4 is 23.2 Å². The van der Waals surface area contributed by atoms with Crippen molar-refractivity contribution in [2.45, 2.75) is 32.0 Å². The minimum absolute atomic E-state index is 0. The summed E-state index contributed by atoms with van der Waals surface area (Å²) in [6, 6.07) is 19.3. The third-order valence-corrected chi connectivity index (χ3v) is 5.57. The van der Waals surface area contributed by atoms with Crippen LogP contribution in [0, 0.1) is 0 Å². The number of aliphatic hydroxyl groups excluding tert-OH is 2. The second-order valence-corrected chi connectivity index (χ2v) is 7.15. The van der Waals surface area contributed by atoms with Crippen molar-refractivity contribution in [2.75, 3.05) is 6.61 Å². The molecule has 3 aromatic carbocycles. The first-order chi connectivity index (χ1) is 12.0. The van der Waals surface area contributed by atoms with Gasteiger partial charge in [-0.3, -0.25) is 0 Å². The fraction of sp³-hybridized carbons (Fsp3) is 0.273. The monoisotopic (exact) mass is 369 g/mol. The van der Waals surface area contributed by atoms with Crippen LogP contribution < -0.4 is 5.32 Å². The zero-order chi connectivity index (χ0) is 17.6. The average Bonchev–Trinajstić information content (AvgIpc) is 2.97. The molecule has 0 bridgehead atoms. The van der Waals surface area contributed by atoms with Crippen molar-refractivity contribution in [1.29, 1.82) is 0 Å². The van der Waals surface area contributed by atoms with Gasteiger partial charge in [0.25, 0.3) is 0 Å². The number of fused-ring (bicyclic) bond motifs is 3. The van der Waals surface area contributed by atoms with Gasteiger partial charge in [-0.15, -0.1) is 12.4 Å². The van der Waals surface area contributed by atoms with Gasteiger partial charge in [0.1, 0.15) is 0 Å². The molecule has 3 nitrogen and oxygen atoms in total. The number of nitrogens with one attached hydrogen (secondary N) is 1. The Labute approximate surface area is 160 Å². The van der Waals surface area contributed by atoms with Crippen LogP contribution in [-0.2, 0) is 6.54 Å². The molecule has 4 rings (SSSR count). The lowest BCUT2D eigenvalue weighted by molar-refractivity contribution is 0.0404. The van der Waals surface area contributed by atoms with Crippen LogP contribution in [0.1, 0.15) is 19.4 Å². The summed E-state index contributed by atoms with van der Waals surface area (Å²) in [6.45, 7) is 4.02. The highest BCUT2D eigenvalue weighted by molar-refractivity contribution is 6.15. The maximum Gasteiger partial charge on any atom is 0.0713 e. The summed E-state index contributed by atoms with van der Waals surface area (Å²) in [7, 11) is 0. The average molecular weight is 370 g/mol. The molecule has 0 saturated heterocycles. The normalized spacial score (nSPS) is 15.2. The lowest BCUT2D eigenvalue weighted by atomic mass is 9.95. The molecule has 0 aromatic heterocycles. The molecule has 0 saturated carbocycles. The third kappa shape index (κ3) is 2.81. The van der Waals surface area contributed by atoms with E-state index in [9.17, 15) is 10.2 Å². The molecule has 1 aliphatic rings. The minimum Gasteiger partial charge on any atom is -0.394 e. The van der Waals surface area contributed by atoms with E-state index in [0.29, 0.717) is 6.54 Å². The molecular formula is C22H24ClNO2. The summed E-state index contributed by atoms with van der Waals surface area (Å²) in [5.41, 5.74) is 5.60. The second-order valence-electron chi connectivity index (χ2n) is 7.15. The summed E-state index contributed by atoms with van der Waals surface area (Å²) < 4.78 is 0. The summed E-state index contributed by atoms with van der Waals surface area (Å²) in [6.07, 6.45) is -0.640. The zero-order valence-electron chi connectivity index (χ0n) is 15.0. The van der Waals surface area contributed by atoms with Crippen molar-refractivity contribution < 1.29 is 10.2 Å². The van der Waals surface area contributed by atoms with Crippen LogP contribution in [0.5, 0.6) is 0 Å². The first-order valence-electron chi connectivity index (χ1n) is 8.73. The van der Waals surface area contributed by atoms with Gasteiger partial charge in [0.15, 0.2) is 0 Å². The van der Waals surface area contributed by atoms with Crippen LogP contribution in [0.15, 0.2) is 54.6 Å². The predicted octanol–water partition coefficient (Wildman–Crippen LogP) is 4.13. The molecule has 26 heavy (non-hydrogen) atoms. The number of benzene rings is 3. The van der Waals surface area contributed by atoms with E-state index < -0.39 is 11.6 Å². The summed E-state index contributed by atoms with van der Waals surface area (Å²) >= 11 is 0. The molecular weight excluding hydrogens is 346 g/mol. The highest BCUT2D eigenvalue weighted by Gasteiger charge is 2.29. The van der Waals surface area contributed by atoms with Gasteiger partial charge < -0.3 is 15.5 Å². The molecule has 4 heteroatoms. The van der Waals surface area contributed by atoms with Crippen LogP contribution in [0.3, 0.4) is 0 Å². The van der Waals surface area contributed by atoms with Crippen molar-refractivity contribution in [3.8, 4) is 22.3 Å². The Balaban J connectivity index is 0.00000196. The number of rotatable bonds is 5. The summed E-state index contributed by atoms with van der Waals surface area (Å²) in [4.78, 5) is 0. The quantitative estimate of drug-likeness (QED) is 0.495. The molecule has 2 atom stereocenters. The van der Waals surface area contributed by atoms with Gasteiger partial charge in [0, 0.05) is 6.54 Å². The molecule has 0 radical (unpaired) electrons. The maximum absolute atomic E-state index is 9.96. The first-order valence-corrected chi connectivity index (χ1v) is 8.73. The first kappa shape index (κ1) is 18.9. The maximum atomic E-state index is 9.96. The Kier molecular flexibility index (Phi) is 5.09. The lowest BCUT2D eigenvalue weighted by Crippen LogP contribution is -2.53. The van der Waals surface area contributed by atoms with Gasteiger partial charge in [0.05, 0.1) is 18.2 Å². The number of aliphatic hydroxyl groups is 2. The Hall–Kier alpha value is -1.91. The Morgan fingerprint density at radius 3 is 2.15 bits per heavy atom. The van der Waals surface area contributed by atoms with Crippen LogP contribution in [0.4, 0.5) is 0 Å². The van der Waals surface area contributed by atoms with Crippen molar-refractivity contribution in [2.24, 2.45) is 0 Å². The van der Waals surface area contributed by atoms with E-state index >= 15 is 0 Å². The van der Waals surface area contributed by atoms with Crippen molar-refractivity contribution in [3.05, 3.63) is 60.2 Å². The standard InChI is InChI=1S/C22H23NO2.ClH/c1-14(25)22(2,13-24)23-12-15-10-11-20-18-7-4-3-6-17(18)19-9-5-8-16(15)21(19)20;/h3-11,14,23-25H,12-13H2,1-2H3;1H/t14?,22-;/m0./s1. The highest BCUT2D eigenvalue weighted by atomic mass is 35.5. The molecule has 1 aliphatic carbocycles. The van der Waals surface area contributed by atoms with Crippen LogP contribution in [-0.4, -0.2) is 28.5 Å². The van der Waals surface area contributed by atoms with E-state index in [4.69, 9.17) is 0 Å². The fourth-order valence-electron chi connectivity index (χ4n) is 3.66. The molecule has 3 N–H and O–H groups in total. The number of hydrogen-bond donors (Lipinski definition) is 3. The zero-order valence-corrected chi connectivity index (χ0v) is 15.8. The Bertz CT molecular complexity index is 925. The van der Waals surface area contributed by atoms with Gasteiger partial charge in [-0.2, -0.15) is 0 Å². The molecule has 1 unspecified atom stereocenters. The van der Waals surface area contributed by atoms with Gasteiger partial charge in [-0.05, 0) is 52.4 Å². The second kappa shape index (κ2) is 7.01. The van der Waals surface area contributed by atoms with Gasteiger partial charge in [0.2, 0.25) is 0 Å². The van der Waals surface area contributed by atoms with E-state index in [1.165, 1.54) is 38.6 Å².